The standard InChI is InChI=1S/C17H16ClN3O2/c1-11-14(4-3-5-16(22)23)17(20(2)19-11)21-9-8-12-10-13(18)6-7-15(12)21/h3,5-10H,4H2,1-2H3,(H,22,23)/b5-3+. The molecule has 0 spiro atoms. The molecule has 0 radical (unpaired) electrons. The molecule has 0 fully saturated rings. The molecular weight excluding hydrogens is 314 g/mol. The summed E-state index contributed by atoms with van der Waals surface area (Å²) in [5, 5.41) is 15.0. The topological polar surface area (TPSA) is 60.0 Å². The third-order valence-corrected chi connectivity index (χ3v) is 4.01. The van der Waals surface area contributed by atoms with Crippen LogP contribution in [0.2, 0.25) is 5.02 Å². The van der Waals surface area contributed by atoms with Gasteiger partial charge in [-0.25, -0.2) is 4.79 Å². The molecule has 3 rings (SSSR count). The van der Waals surface area contributed by atoms with Gasteiger partial charge in [-0.1, -0.05) is 17.7 Å². The lowest BCUT2D eigenvalue weighted by Crippen LogP contribution is -2.04. The van der Waals surface area contributed by atoms with Crippen molar-refractivity contribution in [2.75, 3.05) is 0 Å². The molecule has 0 saturated heterocycles. The molecule has 0 atom stereocenters. The molecule has 0 bridgehead atoms. The number of rotatable bonds is 4. The van der Waals surface area contributed by atoms with E-state index in [0.29, 0.717) is 11.4 Å². The van der Waals surface area contributed by atoms with E-state index in [0.717, 1.165) is 34.1 Å². The number of aliphatic carboxylic acids is 1. The van der Waals surface area contributed by atoms with Crippen LogP contribution in [-0.4, -0.2) is 25.4 Å². The average molecular weight is 330 g/mol. The molecule has 118 valence electrons. The Kier molecular flexibility index (Phi) is 3.96. The Hall–Kier alpha value is -2.53. The van der Waals surface area contributed by atoms with Crippen molar-refractivity contribution in [2.24, 2.45) is 7.05 Å². The zero-order valence-electron chi connectivity index (χ0n) is 12.8. The van der Waals surface area contributed by atoms with Crippen LogP contribution in [-0.2, 0) is 18.3 Å². The monoisotopic (exact) mass is 329 g/mol. The first kappa shape index (κ1) is 15.4. The van der Waals surface area contributed by atoms with Crippen LogP contribution in [0.25, 0.3) is 16.7 Å². The van der Waals surface area contributed by atoms with E-state index in [2.05, 4.69) is 9.67 Å². The summed E-state index contributed by atoms with van der Waals surface area (Å²) in [6, 6.07) is 7.74. The molecule has 0 saturated carbocycles. The summed E-state index contributed by atoms with van der Waals surface area (Å²) < 4.78 is 3.86. The minimum absolute atomic E-state index is 0.509. The van der Waals surface area contributed by atoms with Gasteiger partial charge in [0.1, 0.15) is 5.82 Å². The van der Waals surface area contributed by atoms with E-state index < -0.39 is 5.97 Å². The van der Waals surface area contributed by atoms with Gasteiger partial charge in [-0.05, 0) is 37.6 Å². The number of aromatic nitrogens is 3. The molecule has 0 aliphatic carbocycles. The zero-order valence-corrected chi connectivity index (χ0v) is 13.6. The normalized spacial score (nSPS) is 11.6. The molecule has 0 unspecified atom stereocenters. The van der Waals surface area contributed by atoms with Crippen LogP contribution in [0.4, 0.5) is 0 Å². The van der Waals surface area contributed by atoms with E-state index in [1.165, 1.54) is 0 Å². The molecule has 0 aliphatic heterocycles. The number of carboxylic acid groups (broad SMARTS) is 1. The number of nitrogens with zero attached hydrogens (tertiary/aromatic N) is 3. The van der Waals surface area contributed by atoms with E-state index in [-0.39, 0.29) is 0 Å². The summed E-state index contributed by atoms with van der Waals surface area (Å²) in [6.07, 6.45) is 5.28. The smallest absolute Gasteiger partial charge is 0.327 e. The molecule has 1 aromatic carbocycles. The number of hydrogen-bond donors (Lipinski definition) is 1. The number of hydrogen-bond acceptors (Lipinski definition) is 2. The fraction of sp³-hybridized carbons (Fsp3) is 0.176. The summed E-state index contributed by atoms with van der Waals surface area (Å²) >= 11 is 6.05. The van der Waals surface area contributed by atoms with Crippen molar-refractivity contribution in [3.8, 4) is 5.82 Å². The predicted octanol–water partition coefficient (Wildman–Crippen LogP) is 3.51. The molecule has 0 amide bonds. The highest BCUT2D eigenvalue weighted by atomic mass is 35.5. The second kappa shape index (κ2) is 5.93. The molecule has 6 heteroatoms. The highest BCUT2D eigenvalue weighted by molar-refractivity contribution is 6.31. The highest BCUT2D eigenvalue weighted by Gasteiger charge is 2.15. The van der Waals surface area contributed by atoms with Gasteiger partial charge in [0.25, 0.3) is 0 Å². The number of fused-ring (bicyclic) bond motifs is 1. The van der Waals surface area contributed by atoms with Crippen molar-refractivity contribution < 1.29 is 9.90 Å². The largest absolute Gasteiger partial charge is 0.478 e. The van der Waals surface area contributed by atoms with Crippen molar-refractivity contribution in [1.29, 1.82) is 0 Å². The second-order valence-corrected chi connectivity index (χ2v) is 5.78. The number of carboxylic acids is 1. The predicted molar refractivity (Wildman–Crippen MR) is 90.3 cm³/mol. The van der Waals surface area contributed by atoms with Gasteiger partial charge in [-0.2, -0.15) is 5.10 Å². The van der Waals surface area contributed by atoms with Crippen LogP contribution >= 0.6 is 11.6 Å². The summed E-state index contributed by atoms with van der Waals surface area (Å²) in [5.74, 6) is -0.0241. The fourth-order valence-corrected chi connectivity index (χ4v) is 2.99. The van der Waals surface area contributed by atoms with E-state index in [4.69, 9.17) is 16.7 Å². The molecular formula is C17H16ClN3O2. The van der Waals surface area contributed by atoms with Gasteiger partial charge in [0.15, 0.2) is 0 Å². The summed E-state index contributed by atoms with van der Waals surface area (Å²) in [7, 11) is 1.88. The first-order valence-corrected chi connectivity index (χ1v) is 7.54. The fourth-order valence-electron chi connectivity index (χ4n) is 2.81. The van der Waals surface area contributed by atoms with Gasteiger partial charge >= 0.3 is 5.97 Å². The summed E-state index contributed by atoms with van der Waals surface area (Å²) in [5.41, 5.74) is 2.91. The Bertz CT molecular complexity index is 921. The Morgan fingerprint density at radius 2 is 2.17 bits per heavy atom. The van der Waals surface area contributed by atoms with Crippen molar-refractivity contribution in [1.82, 2.24) is 14.3 Å². The maximum absolute atomic E-state index is 10.7. The summed E-state index contributed by atoms with van der Waals surface area (Å²) in [6.45, 7) is 1.93. The third-order valence-electron chi connectivity index (χ3n) is 3.78. The van der Waals surface area contributed by atoms with Crippen LogP contribution < -0.4 is 0 Å². The molecule has 1 N–H and O–H groups in total. The van der Waals surface area contributed by atoms with E-state index in [1.54, 1.807) is 6.08 Å². The summed E-state index contributed by atoms with van der Waals surface area (Å²) in [4.78, 5) is 10.7. The molecule has 2 aromatic heterocycles. The number of halogens is 1. The zero-order chi connectivity index (χ0) is 16.6. The quantitative estimate of drug-likeness (QED) is 0.745. The highest BCUT2D eigenvalue weighted by Crippen LogP contribution is 2.26. The van der Waals surface area contributed by atoms with Crippen LogP contribution in [0.3, 0.4) is 0 Å². The Balaban J connectivity index is 2.13. The maximum atomic E-state index is 10.7. The first-order valence-electron chi connectivity index (χ1n) is 7.16. The Morgan fingerprint density at radius 1 is 1.39 bits per heavy atom. The lowest BCUT2D eigenvalue weighted by atomic mass is 10.1. The van der Waals surface area contributed by atoms with Crippen molar-refractivity contribution in [3.63, 3.8) is 0 Å². The van der Waals surface area contributed by atoms with E-state index in [1.807, 2.05) is 49.1 Å². The van der Waals surface area contributed by atoms with Gasteiger partial charge < -0.3 is 9.67 Å². The van der Waals surface area contributed by atoms with Crippen LogP contribution in [0.15, 0.2) is 42.6 Å². The van der Waals surface area contributed by atoms with E-state index in [9.17, 15) is 4.79 Å². The molecule has 3 aromatic rings. The first-order chi connectivity index (χ1) is 11.0. The van der Waals surface area contributed by atoms with Crippen LogP contribution in [0.5, 0.6) is 0 Å². The second-order valence-electron chi connectivity index (χ2n) is 5.34. The minimum Gasteiger partial charge on any atom is -0.478 e. The Morgan fingerprint density at radius 3 is 2.91 bits per heavy atom. The van der Waals surface area contributed by atoms with Crippen LogP contribution in [0, 0.1) is 6.92 Å². The number of carbonyl (C=O) groups is 1. The number of benzene rings is 1. The minimum atomic E-state index is -0.950. The lowest BCUT2D eigenvalue weighted by molar-refractivity contribution is -0.131. The molecule has 5 nitrogen and oxygen atoms in total. The SMILES string of the molecule is Cc1nn(C)c(-n2ccc3cc(Cl)ccc32)c1C/C=C/C(=O)O. The van der Waals surface area contributed by atoms with E-state index >= 15 is 0 Å². The van der Waals surface area contributed by atoms with Crippen molar-refractivity contribution >= 4 is 28.5 Å². The lowest BCUT2D eigenvalue weighted by Gasteiger charge is -2.09. The third kappa shape index (κ3) is 2.87. The number of allylic oxidation sites excluding steroid dienone is 1. The van der Waals surface area contributed by atoms with Gasteiger partial charge in [-0.3, -0.25) is 4.68 Å². The molecule has 23 heavy (non-hydrogen) atoms. The molecule has 2 heterocycles. The van der Waals surface area contributed by atoms with Gasteiger partial charge in [0, 0.05) is 35.3 Å². The van der Waals surface area contributed by atoms with Crippen LogP contribution in [0.1, 0.15) is 11.3 Å². The molecule has 0 aliphatic rings. The van der Waals surface area contributed by atoms with Crippen molar-refractivity contribution in [3.05, 3.63) is 58.9 Å². The van der Waals surface area contributed by atoms with Gasteiger partial charge in [0.05, 0.1) is 11.2 Å². The van der Waals surface area contributed by atoms with Gasteiger partial charge in [-0.15, -0.1) is 0 Å². The van der Waals surface area contributed by atoms with Crippen molar-refractivity contribution in [2.45, 2.75) is 13.3 Å². The average Bonchev–Trinajstić information content (AvgIpc) is 2.99. The number of aryl methyl sites for hydroxylation is 2. The maximum Gasteiger partial charge on any atom is 0.327 e. The Labute approximate surface area is 138 Å². The van der Waals surface area contributed by atoms with Gasteiger partial charge in [0.2, 0.25) is 0 Å².